The van der Waals surface area contributed by atoms with Gasteiger partial charge in [0, 0.05) is 6.42 Å². The largest absolute Gasteiger partial charge is 0.394 e. The highest BCUT2D eigenvalue weighted by atomic mass is 16.7. The smallest absolute Gasteiger partial charge is 0.220 e. The van der Waals surface area contributed by atoms with Crippen LogP contribution in [0.15, 0.2) is 12.2 Å². The first kappa shape index (κ1) is 55.9. The van der Waals surface area contributed by atoms with Gasteiger partial charge in [-0.3, -0.25) is 4.79 Å². The Bertz CT molecular complexity index is 935. The molecular weight excluding hydrogens is 743 g/mol. The SMILES string of the molecule is CCCCCCCCCCCCCCCCCCCCCCCCC/C=C/C(O)C(COC1OC(CO)C(O)C(O)C1O)NC(=O)CCCCCCCCCCCCC. The van der Waals surface area contributed by atoms with Gasteiger partial charge in [0.15, 0.2) is 6.29 Å². The third-order valence-corrected chi connectivity index (χ3v) is 12.4. The van der Waals surface area contributed by atoms with Gasteiger partial charge < -0.3 is 40.3 Å². The number of allylic oxidation sites excluding steroid dienone is 1. The highest BCUT2D eigenvalue weighted by Gasteiger charge is 2.44. The van der Waals surface area contributed by atoms with Crippen LogP contribution in [0.4, 0.5) is 0 Å². The van der Waals surface area contributed by atoms with Crippen molar-refractivity contribution in [1.29, 1.82) is 0 Å². The number of amides is 1. The van der Waals surface area contributed by atoms with E-state index in [2.05, 4.69) is 19.2 Å². The molecule has 9 heteroatoms. The normalized spacial score (nSPS) is 20.7. The molecule has 0 aromatic heterocycles. The Balaban J connectivity index is 2.23. The van der Waals surface area contributed by atoms with Crippen LogP contribution in [0.25, 0.3) is 0 Å². The average Bonchev–Trinajstić information content (AvgIpc) is 3.23. The third-order valence-electron chi connectivity index (χ3n) is 12.4. The van der Waals surface area contributed by atoms with Crippen LogP contribution >= 0.6 is 0 Å². The molecule has 7 atom stereocenters. The van der Waals surface area contributed by atoms with Crippen LogP contribution in [0.3, 0.4) is 0 Å². The third kappa shape index (κ3) is 31.4. The lowest BCUT2D eigenvalue weighted by Gasteiger charge is -2.40. The second-order valence-electron chi connectivity index (χ2n) is 18.0. The van der Waals surface area contributed by atoms with Gasteiger partial charge in [-0.1, -0.05) is 231 Å². The zero-order chi connectivity index (χ0) is 43.0. The molecule has 9 nitrogen and oxygen atoms in total. The van der Waals surface area contributed by atoms with Crippen molar-refractivity contribution >= 4 is 5.91 Å². The second kappa shape index (κ2) is 41.0. The van der Waals surface area contributed by atoms with Gasteiger partial charge in [-0.2, -0.15) is 0 Å². The number of aliphatic hydroxyl groups excluding tert-OH is 5. The fourth-order valence-corrected chi connectivity index (χ4v) is 8.28. The quantitative estimate of drug-likeness (QED) is 0.0263. The number of ether oxygens (including phenoxy) is 2. The van der Waals surface area contributed by atoms with Gasteiger partial charge in [-0.15, -0.1) is 0 Å². The number of carbonyl (C=O) groups excluding carboxylic acids is 1. The lowest BCUT2D eigenvalue weighted by atomic mass is 9.99. The highest BCUT2D eigenvalue weighted by Crippen LogP contribution is 2.23. The Labute approximate surface area is 363 Å². The summed E-state index contributed by atoms with van der Waals surface area (Å²) in [7, 11) is 0. The number of rotatable bonds is 43. The molecule has 0 aromatic rings. The van der Waals surface area contributed by atoms with Gasteiger partial charge in [0.25, 0.3) is 0 Å². The number of carbonyl (C=O) groups is 1. The summed E-state index contributed by atoms with van der Waals surface area (Å²) in [4.78, 5) is 12.9. The number of unbranched alkanes of at least 4 members (excludes halogenated alkanes) is 33. The molecule has 0 radical (unpaired) electrons. The second-order valence-corrected chi connectivity index (χ2v) is 18.0. The Kier molecular flexibility index (Phi) is 38.9. The van der Waals surface area contributed by atoms with Gasteiger partial charge >= 0.3 is 0 Å². The van der Waals surface area contributed by atoms with Crippen LogP contribution < -0.4 is 5.32 Å². The Morgan fingerprint density at radius 1 is 0.559 bits per heavy atom. The molecule has 1 aliphatic rings. The van der Waals surface area contributed by atoms with Crippen molar-refractivity contribution in [3.8, 4) is 0 Å². The van der Waals surface area contributed by atoms with Crippen molar-refractivity contribution in [2.45, 2.75) is 288 Å². The molecule has 1 fully saturated rings. The van der Waals surface area contributed by atoms with E-state index in [1.807, 2.05) is 6.08 Å². The highest BCUT2D eigenvalue weighted by molar-refractivity contribution is 5.76. The first-order valence-corrected chi connectivity index (χ1v) is 25.4. The fraction of sp³-hybridized carbons (Fsp3) is 0.940. The molecule has 0 aliphatic carbocycles. The van der Waals surface area contributed by atoms with Gasteiger partial charge in [-0.05, 0) is 19.3 Å². The standard InChI is InChI=1S/C50H97NO8/c1-3-5-7-9-11-13-15-16-17-18-19-20-21-22-23-24-25-26-27-28-30-31-33-35-37-39-44(53)43(42-58-50-49(57)48(56)47(55)45(41-52)59-50)51-46(54)40-38-36-34-32-29-14-12-10-8-6-4-2/h37,39,43-45,47-50,52-53,55-57H,3-36,38,40-42H2,1-2H3,(H,51,54)/b39-37+. The average molecular weight is 840 g/mol. The zero-order valence-electron chi connectivity index (χ0n) is 38.5. The summed E-state index contributed by atoms with van der Waals surface area (Å²) in [6.45, 7) is 3.78. The van der Waals surface area contributed by atoms with E-state index in [-0.39, 0.29) is 12.5 Å². The van der Waals surface area contributed by atoms with Crippen LogP contribution in [0.1, 0.15) is 245 Å². The maximum Gasteiger partial charge on any atom is 0.220 e. The molecule has 350 valence electrons. The molecule has 59 heavy (non-hydrogen) atoms. The summed E-state index contributed by atoms with van der Waals surface area (Å²) < 4.78 is 11.2. The van der Waals surface area contributed by atoms with Crippen molar-refractivity contribution in [3.63, 3.8) is 0 Å². The minimum absolute atomic E-state index is 0.175. The van der Waals surface area contributed by atoms with E-state index in [1.165, 1.54) is 186 Å². The minimum Gasteiger partial charge on any atom is -0.394 e. The molecule has 1 heterocycles. The molecule has 0 saturated carbocycles. The summed E-state index contributed by atoms with van der Waals surface area (Å²) in [5, 5.41) is 54.2. The van der Waals surface area contributed by atoms with Crippen molar-refractivity contribution in [3.05, 3.63) is 12.2 Å². The Morgan fingerprint density at radius 2 is 0.932 bits per heavy atom. The molecule has 0 spiro atoms. The lowest BCUT2D eigenvalue weighted by Crippen LogP contribution is -2.60. The number of hydrogen-bond donors (Lipinski definition) is 6. The summed E-state index contributed by atoms with van der Waals surface area (Å²) in [6, 6.07) is -0.798. The predicted molar refractivity (Wildman–Crippen MR) is 244 cm³/mol. The van der Waals surface area contributed by atoms with Crippen LogP contribution in [0, 0.1) is 0 Å². The van der Waals surface area contributed by atoms with Crippen molar-refractivity contribution in [2.75, 3.05) is 13.2 Å². The first-order valence-electron chi connectivity index (χ1n) is 25.4. The number of hydrogen-bond acceptors (Lipinski definition) is 8. The van der Waals surface area contributed by atoms with Crippen LogP contribution in [-0.2, 0) is 14.3 Å². The van der Waals surface area contributed by atoms with E-state index in [0.29, 0.717) is 6.42 Å². The molecule has 0 aromatic carbocycles. The van der Waals surface area contributed by atoms with E-state index in [9.17, 15) is 30.3 Å². The number of aliphatic hydroxyl groups is 5. The lowest BCUT2D eigenvalue weighted by molar-refractivity contribution is -0.302. The van der Waals surface area contributed by atoms with Crippen LogP contribution in [-0.4, -0.2) is 87.5 Å². The summed E-state index contributed by atoms with van der Waals surface area (Å²) in [5.74, 6) is -0.175. The zero-order valence-corrected chi connectivity index (χ0v) is 38.5. The van der Waals surface area contributed by atoms with Crippen LogP contribution in [0.2, 0.25) is 0 Å². The number of nitrogens with one attached hydrogen (secondary N) is 1. The molecule has 1 amide bonds. The molecule has 1 rings (SSSR count). The maximum absolute atomic E-state index is 12.9. The maximum atomic E-state index is 12.9. The van der Waals surface area contributed by atoms with Gasteiger partial charge in [0.1, 0.15) is 24.4 Å². The molecule has 7 unspecified atom stereocenters. The van der Waals surface area contributed by atoms with Crippen molar-refractivity contribution in [2.24, 2.45) is 0 Å². The minimum atomic E-state index is -1.56. The Hall–Kier alpha value is -1.07. The van der Waals surface area contributed by atoms with Gasteiger partial charge in [0.05, 0.1) is 25.4 Å². The van der Waals surface area contributed by atoms with E-state index < -0.39 is 49.5 Å². The Morgan fingerprint density at radius 3 is 1.32 bits per heavy atom. The van der Waals surface area contributed by atoms with E-state index in [0.717, 1.165) is 38.5 Å². The van der Waals surface area contributed by atoms with Crippen LogP contribution in [0.5, 0.6) is 0 Å². The van der Waals surface area contributed by atoms with E-state index in [4.69, 9.17) is 9.47 Å². The summed E-state index contributed by atoms with van der Waals surface area (Å²) >= 11 is 0. The van der Waals surface area contributed by atoms with Gasteiger partial charge in [0.2, 0.25) is 5.91 Å². The monoisotopic (exact) mass is 840 g/mol. The summed E-state index contributed by atoms with van der Waals surface area (Å²) in [6.07, 6.45) is 41.3. The van der Waals surface area contributed by atoms with Gasteiger partial charge in [-0.25, -0.2) is 0 Å². The van der Waals surface area contributed by atoms with E-state index >= 15 is 0 Å². The molecular formula is C50H97NO8. The predicted octanol–water partition coefficient (Wildman–Crippen LogP) is 11.3. The topological polar surface area (TPSA) is 149 Å². The van der Waals surface area contributed by atoms with Crippen molar-refractivity contribution in [1.82, 2.24) is 5.32 Å². The molecule has 1 saturated heterocycles. The molecule has 0 bridgehead atoms. The summed E-state index contributed by atoms with van der Waals surface area (Å²) in [5.41, 5.74) is 0. The first-order chi connectivity index (χ1) is 28.8. The molecule has 6 N–H and O–H groups in total. The fourth-order valence-electron chi connectivity index (χ4n) is 8.28. The molecule has 1 aliphatic heterocycles. The van der Waals surface area contributed by atoms with Crippen molar-refractivity contribution < 1.29 is 39.8 Å². The van der Waals surface area contributed by atoms with E-state index in [1.54, 1.807) is 6.08 Å².